The van der Waals surface area contributed by atoms with Gasteiger partial charge in [-0.2, -0.15) is 0 Å². The molecule has 0 fully saturated rings. The van der Waals surface area contributed by atoms with E-state index in [0.29, 0.717) is 0 Å². The number of aliphatic hydroxyl groups excluding tert-OH is 1. The first-order chi connectivity index (χ1) is 7.59. The number of hydrogen-bond acceptors (Lipinski definition) is 2. The Labute approximate surface area is 95.8 Å². The summed E-state index contributed by atoms with van der Waals surface area (Å²) in [4.78, 5) is 11.3. The van der Waals surface area contributed by atoms with Crippen molar-refractivity contribution in [2.45, 2.75) is 20.0 Å². The van der Waals surface area contributed by atoms with E-state index >= 15 is 0 Å². The van der Waals surface area contributed by atoms with E-state index in [1.807, 2.05) is 31.2 Å². The molecule has 1 rings (SSSR count). The van der Waals surface area contributed by atoms with Gasteiger partial charge in [-0.05, 0) is 31.1 Å². The number of carbonyl (C=O) groups is 1. The van der Waals surface area contributed by atoms with Crippen molar-refractivity contribution < 1.29 is 9.90 Å². The van der Waals surface area contributed by atoms with E-state index in [1.54, 1.807) is 13.0 Å². The minimum Gasteiger partial charge on any atom is -0.392 e. The molecule has 0 aliphatic rings. The van der Waals surface area contributed by atoms with Crippen molar-refractivity contribution in [3.63, 3.8) is 0 Å². The van der Waals surface area contributed by atoms with Crippen LogP contribution in [0.4, 0.5) is 0 Å². The van der Waals surface area contributed by atoms with E-state index in [2.05, 4.69) is 5.32 Å². The van der Waals surface area contributed by atoms with Crippen molar-refractivity contribution in [2.75, 3.05) is 6.54 Å². The van der Waals surface area contributed by atoms with Crippen LogP contribution in [-0.2, 0) is 4.79 Å². The molecular weight excluding hydrogens is 202 g/mol. The molecule has 1 atom stereocenters. The van der Waals surface area contributed by atoms with E-state index in [-0.39, 0.29) is 12.5 Å². The lowest BCUT2D eigenvalue weighted by Gasteiger charge is -2.04. The van der Waals surface area contributed by atoms with Crippen LogP contribution < -0.4 is 5.32 Å². The molecule has 0 heterocycles. The standard InChI is InChI=1S/C13H17NO2/c1-10-5-3-4-6-12(10)7-8-13(16)14-9-11(2)15/h3-8,11,15H,9H2,1-2H3,(H,14,16)/b8-7+. The predicted molar refractivity (Wildman–Crippen MR) is 64.9 cm³/mol. The van der Waals surface area contributed by atoms with Crippen LogP contribution in [0.5, 0.6) is 0 Å². The van der Waals surface area contributed by atoms with Crippen LogP contribution in [0.25, 0.3) is 6.08 Å². The highest BCUT2D eigenvalue weighted by Gasteiger charge is 1.98. The maximum Gasteiger partial charge on any atom is 0.244 e. The van der Waals surface area contributed by atoms with Crippen LogP contribution in [0.1, 0.15) is 18.1 Å². The van der Waals surface area contributed by atoms with Crippen molar-refractivity contribution in [2.24, 2.45) is 0 Å². The third-order valence-electron chi connectivity index (χ3n) is 2.17. The molecule has 0 aliphatic heterocycles. The molecule has 1 unspecified atom stereocenters. The molecule has 0 spiro atoms. The zero-order chi connectivity index (χ0) is 12.0. The Hall–Kier alpha value is -1.61. The van der Waals surface area contributed by atoms with E-state index < -0.39 is 6.10 Å². The van der Waals surface area contributed by atoms with Gasteiger partial charge in [0.25, 0.3) is 0 Å². The van der Waals surface area contributed by atoms with E-state index in [9.17, 15) is 4.79 Å². The van der Waals surface area contributed by atoms with E-state index in [4.69, 9.17) is 5.11 Å². The smallest absolute Gasteiger partial charge is 0.244 e. The SMILES string of the molecule is Cc1ccccc1/C=C/C(=O)NCC(C)O. The fourth-order valence-corrected chi connectivity index (χ4v) is 1.25. The van der Waals surface area contributed by atoms with Crippen molar-refractivity contribution in [1.29, 1.82) is 0 Å². The third-order valence-corrected chi connectivity index (χ3v) is 2.17. The van der Waals surface area contributed by atoms with Gasteiger partial charge in [-0.25, -0.2) is 0 Å². The lowest BCUT2D eigenvalue weighted by Crippen LogP contribution is -2.28. The number of rotatable bonds is 4. The number of hydrogen-bond donors (Lipinski definition) is 2. The summed E-state index contributed by atoms with van der Waals surface area (Å²) in [6, 6.07) is 7.84. The molecule has 86 valence electrons. The maximum absolute atomic E-state index is 11.3. The summed E-state index contributed by atoms with van der Waals surface area (Å²) in [5.41, 5.74) is 2.15. The Balaban J connectivity index is 2.54. The average molecular weight is 219 g/mol. The first-order valence-corrected chi connectivity index (χ1v) is 5.29. The summed E-state index contributed by atoms with van der Waals surface area (Å²) in [6.45, 7) is 3.90. The number of aryl methyl sites for hydroxylation is 1. The average Bonchev–Trinajstić information content (AvgIpc) is 2.25. The molecule has 1 amide bonds. The molecule has 1 aromatic rings. The second kappa shape index (κ2) is 6.08. The largest absolute Gasteiger partial charge is 0.392 e. The van der Waals surface area contributed by atoms with Crippen LogP contribution in [0.15, 0.2) is 30.3 Å². The normalized spacial score (nSPS) is 12.7. The Morgan fingerprint density at radius 2 is 2.19 bits per heavy atom. The maximum atomic E-state index is 11.3. The lowest BCUT2D eigenvalue weighted by atomic mass is 10.1. The van der Waals surface area contributed by atoms with Gasteiger partial charge >= 0.3 is 0 Å². The second-order valence-electron chi connectivity index (χ2n) is 3.78. The first kappa shape index (κ1) is 12.5. The minimum absolute atomic E-state index is 0.191. The van der Waals surface area contributed by atoms with Gasteiger partial charge in [0.1, 0.15) is 0 Å². The second-order valence-corrected chi connectivity index (χ2v) is 3.78. The number of carbonyl (C=O) groups excluding carboxylic acids is 1. The Morgan fingerprint density at radius 3 is 2.81 bits per heavy atom. The van der Waals surface area contributed by atoms with Crippen LogP contribution in [-0.4, -0.2) is 23.7 Å². The highest BCUT2D eigenvalue weighted by Crippen LogP contribution is 2.08. The highest BCUT2D eigenvalue weighted by atomic mass is 16.3. The summed E-state index contributed by atoms with van der Waals surface area (Å²) in [5, 5.41) is 11.6. The summed E-state index contributed by atoms with van der Waals surface area (Å²) in [5.74, 6) is -0.191. The van der Waals surface area contributed by atoms with Crippen molar-refractivity contribution in [3.8, 4) is 0 Å². The molecule has 0 aliphatic carbocycles. The number of aliphatic hydroxyl groups is 1. The quantitative estimate of drug-likeness (QED) is 0.754. The zero-order valence-electron chi connectivity index (χ0n) is 9.60. The molecular formula is C13H17NO2. The van der Waals surface area contributed by atoms with Crippen LogP contribution >= 0.6 is 0 Å². The topological polar surface area (TPSA) is 49.3 Å². The van der Waals surface area contributed by atoms with Crippen molar-refractivity contribution in [1.82, 2.24) is 5.32 Å². The lowest BCUT2D eigenvalue weighted by molar-refractivity contribution is -0.116. The zero-order valence-corrected chi connectivity index (χ0v) is 9.60. The van der Waals surface area contributed by atoms with Gasteiger partial charge in [-0.15, -0.1) is 0 Å². The monoisotopic (exact) mass is 219 g/mol. The molecule has 0 aromatic heterocycles. The highest BCUT2D eigenvalue weighted by molar-refractivity contribution is 5.91. The number of benzene rings is 1. The molecule has 16 heavy (non-hydrogen) atoms. The molecule has 0 radical (unpaired) electrons. The first-order valence-electron chi connectivity index (χ1n) is 5.29. The number of amides is 1. The minimum atomic E-state index is -0.518. The molecule has 2 N–H and O–H groups in total. The summed E-state index contributed by atoms with van der Waals surface area (Å²) < 4.78 is 0. The number of nitrogens with one attached hydrogen (secondary N) is 1. The molecule has 3 nitrogen and oxygen atoms in total. The summed E-state index contributed by atoms with van der Waals surface area (Å²) >= 11 is 0. The molecule has 0 saturated carbocycles. The molecule has 1 aromatic carbocycles. The fourth-order valence-electron chi connectivity index (χ4n) is 1.25. The van der Waals surface area contributed by atoms with Crippen LogP contribution in [0.2, 0.25) is 0 Å². The predicted octanol–water partition coefficient (Wildman–Crippen LogP) is 1.51. The van der Waals surface area contributed by atoms with Crippen molar-refractivity contribution >= 4 is 12.0 Å². The van der Waals surface area contributed by atoms with Gasteiger partial charge in [-0.3, -0.25) is 4.79 Å². The summed E-state index contributed by atoms with van der Waals surface area (Å²) in [7, 11) is 0. The van der Waals surface area contributed by atoms with Gasteiger partial charge < -0.3 is 10.4 Å². The van der Waals surface area contributed by atoms with Crippen molar-refractivity contribution in [3.05, 3.63) is 41.5 Å². The molecule has 0 bridgehead atoms. The Kier molecular flexibility index (Phi) is 4.73. The van der Waals surface area contributed by atoms with Gasteiger partial charge in [0, 0.05) is 12.6 Å². The van der Waals surface area contributed by atoms with Gasteiger partial charge in [0.05, 0.1) is 6.10 Å². The van der Waals surface area contributed by atoms with Gasteiger partial charge in [0.2, 0.25) is 5.91 Å². The van der Waals surface area contributed by atoms with E-state index in [0.717, 1.165) is 11.1 Å². The van der Waals surface area contributed by atoms with Gasteiger partial charge in [-0.1, -0.05) is 24.3 Å². The molecule has 0 saturated heterocycles. The summed E-state index contributed by atoms with van der Waals surface area (Å²) in [6.07, 6.45) is 2.73. The Morgan fingerprint density at radius 1 is 1.50 bits per heavy atom. The Bertz CT molecular complexity index is 383. The van der Waals surface area contributed by atoms with Crippen LogP contribution in [0, 0.1) is 6.92 Å². The fraction of sp³-hybridized carbons (Fsp3) is 0.308. The molecule has 3 heteroatoms. The van der Waals surface area contributed by atoms with E-state index in [1.165, 1.54) is 6.08 Å². The van der Waals surface area contributed by atoms with Gasteiger partial charge in [0.15, 0.2) is 0 Å². The third kappa shape index (κ3) is 4.28. The van der Waals surface area contributed by atoms with Crippen LogP contribution in [0.3, 0.4) is 0 Å².